The van der Waals surface area contributed by atoms with E-state index in [0.717, 1.165) is 13.2 Å². The number of amides is 1. The summed E-state index contributed by atoms with van der Waals surface area (Å²) in [6, 6.07) is -0.462. The summed E-state index contributed by atoms with van der Waals surface area (Å²) in [5.41, 5.74) is -1.45. The number of hydrogen-bond donors (Lipinski definition) is 4. The van der Waals surface area contributed by atoms with E-state index in [4.69, 9.17) is 5.11 Å². The van der Waals surface area contributed by atoms with Crippen LogP contribution >= 0.6 is 0 Å². The van der Waals surface area contributed by atoms with Crippen LogP contribution in [0.1, 0.15) is 12.1 Å². The molecule has 1 amide bonds. The van der Waals surface area contributed by atoms with E-state index in [1.807, 2.05) is 4.98 Å². The highest BCUT2D eigenvalue weighted by Crippen LogP contribution is 1.97. The number of aromatic amines is 2. The molecule has 0 unspecified atom stereocenters. The van der Waals surface area contributed by atoms with Crippen LogP contribution in [0, 0.1) is 0 Å². The van der Waals surface area contributed by atoms with Crippen LogP contribution in [-0.2, 0) is 25.5 Å². The van der Waals surface area contributed by atoms with Crippen molar-refractivity contribution in [2.45, 2.75) is 18.9 Å². The van der Waals surface area contributed by atoms with Gasteiger partial charge in [0, 0.05) is 11.8 Å². The molecule has 1 heterocycles. The minimum atomic E-state index is -1.46. The number of ether oxygens (including phenoxy) is 1. The number of methoxy groups -OCH3 is 1. The average molecular weight is 299 g/mol. The zero-order valence-electron chi connectivity index (χ0n) is 11.0. The second kappa shape index (κ2) is 7.03. The van der Waals surface area contributed by atoms with Crippen LogP contribution < -0.4 is 16.6 Å². The van der Waals surface area contributed by atoms with Crippen LogP contribution in [0.2, 0.25) is 0 Å². The molecule has 0 aliphatic rings. The fourth-order valence-electron chi connectivity index (χ4n) is 1.48. The smallest absolute Gasteiger partial charge is 0.326 e. The molecule has 1 atom stereocenters. The van der Waals surface area contributed by atoms with Gasteiger partial charge in [0.15, 0.2) is 0 Å². The molecule has 0 fully saturated rings. The highest BCUT2D eigenvalue weighted by atomic mass is 16.5. The molecule has 114 valence electrons. The molecule has 1 rings (SSSR count). The van der Waals surface area contributed by atoms with E-state index in [2.05, 4.69) is 15.0 Å². The number of esters is 1. The first-order chi connectivity index (χ1) is 9.81. The molecule has 10 heteroatoms. The lowest BCUT2D eigenvalue weighted by atomic mass is 10.2. The highest BCUT2D eigenvalue weighted by Gasteiger charge is 2.23. The number of aliphatic carboxylic acids is 1. The lowest BCUT2D eigenvalue weighted by Crippen LogP contribution is -2.43. The predicted molar refractivity (Wildman–Crippen MR) is 67.6 cm³/mol. The van der Waals surface area contributed by atoms with Gasteiger partial charge in [0.2, 0.25) is 5.91 Å². The summed E-state index contributed by atoms with van der Waals surface area (Å²) in [4.78, 5) is 59.8. The van der Waals surface area contributed by atoms with E-state index in [9.17, 15) is 24.0 Å². The molecule has 0 saturated carbocycles. The van der Waals surface area contributed by atoms with Gasteiger partial charge in [-0.2, -0.15) is 0 Å². The summed E-state index contributed by atoms with van der Waals surface area (Å²) in [5, 5.41) is 11.0. The molecule has 0 bridgehead atoms. The number of H-pyrrole nitrogens is 2. The van der Waals surface area contributed by atoms with E-state index < -0.39 is 48.0 Å². The monoisotopic (exact) mass is 299 g/mol. The average Bonchev–Trinajstić information content (AvgIpc) is 2.36. The number of carbonyl (C=O) groups is 3. The summed E-state index contributed by atoms with van der Waals surface area (Å²) >= 11 is 0. The maximum atomic E-state index is 11.7. The van der Waals surface area contributed by atoms with Gasteiger partial charge in [0.1, 0.15) is 6.04 Å². The first kappa shape index (κ1) is 16.1. The van der Waals surface area contributed by atoms with Crippen LogP contribution in [0.5, 0.6) is 0 Å². The Morgan fingerprint density at radius 1 is 1.33 bits per heavy atom. The van der Waals surface area contributed by atoms with Gasteiger partial charge in [0.25, 0.3) is 5.56 Å². The van der Waals surface area contributed by atoms with Gasteiger partial charge in [-0.15, -0.1) is 0 Å². The zero-order valence-corrected chi connectivity index (χ0v) is 11.0. The van der Waals surface area contributed by atoms with Crippen molar-refractivity contribution in [3.05, 3.63) is 32.6 Å². The summed E-state index contributed by atoms with van der Waals surface area (Å²) in [6.45, 7) is 0. The lowest BCUT2D eigenvalue weighted by molar-refractivity contribution is -0.148. The number of aromatic nitrogens is 2. The summed E-state index contributed by atoms with van der Waals surface area (Å²) < 4.78 is 4.32. The van der Waals surface area contributed by atoms with Crippen molar-refractivity contribution in [3.8, 4) is 0 Å². The van der Waals surface area contributed by atoms with Crippen molar-refractivity contribution >= 4 is 17.8 Å². The Kier molecular flexibility index (Phi) is 5.40. The number of carboxylic acid groups (broad SMARTS) is 1. The third-order valence-corrected chi connectivity index (χ3v) is 2.40. The van der Waals surface area contributed by atoms with Crippen molar-refractivity contribution < 1.29 is 24.2 Å². The topological polar surface area (TPSA) is 158 Å². The second-order valence-corrected chi connectivity index (χ2v) is 4.03. The number of hydrogen-bond acceptors (Lipinski definition) is 6. The van der Waals surface area contributed by atoms with E-state index in [0.29, 0.717) is 0 Å². The van der Waals surface area contributed by atoms with Crippen LogP contribution in [0.15, 0.2) is 15.7 Å². The van der Waals surface area contributed by atoms with Gasteiger partial charge in [-0.1, -0.05) is 0 Å². The van der Waals surface area contributed by atoms with Gasteiger partial charge < -0.3 is 20.1 Å². The molecule has 0 spiro atoms. The molecular formula is C11H13N3O7. The minimum Gasteiger partial charge on any atom is -0.480 e. The standard InChI is InChI=1S/C11H13N3O7/c1-21-9(17)4-6(10(18)19)13-7(15)2-5-3-8(16)14-11(20)12-5/h3,6H,2,4H2,1H3,(H,13,15)(H,18,19)(H2,12,14,16,20)/t6-/m0/s1. The molecule has 4 N–H and O–H groups in total. The molecule has 0 aliphatic heterocycles. The van der Waals surface area contributed by atoms with Crippen molar-refractivity contribution in [3.63, 3.8) is 0 Å². The quantitative estimate of drug-likeness (QED) is 0.431. The number of carbonyl (C=O) groups excluding carboxylic acids is 2. The molecule has 1 aromatic heterocycles. The molecule has 0 saturated heterocycles. The maximum Gasteiger partial charge on any atom is 0.326 e. The lowest BCUT2D eigenvalue weighted by Gasteiger charge is -2.13. The van der Waals surface area contributed by atoms with Gasteiger partial charge in [-0.05, 0) is 0 Å². The van der Waals surface area contributed by atoms with Gasteiger partial charge in [0.05, 0.1) is 20.0 Å². The van der Waals surface area contributed by atoms with Crippen molar-refractivity contribution in [1.29, 1.82) is 0 Å². The summed E-state index contributed by atoms with van der Waals surface area (Å²) in [6.07, 6.45) is -0.951. The fourth-order valence-corrected chi connectivity index (χ4v) is 1.48. The largest absolute Gasteiger partial charge is 0.480 e. The molecule has 10 nitrogen and oxygen atoms in total. The van der Waals surface area contributed by atoms with Gasteiger partial charge >= 0.3 is 17.6 Å². The number of nitrogens with one attached hydrogen (secondary N) is 3. The summed E-state index contributed by atoms with van der Waals surface area (Å²) in [5.74, 6) is -2.98. The maximum absolute atomic E-state index is 11.7. The van der Waals surface area contributed by atoms with Crippen LogP contribution in [0.4, 0.5) is 0 Å². The molecule has 1 aromatic rings. The van der Waals surface area contributed by atoms with Gasteiger partial charge in [-0.25, -0.2) is 9.59 Å². The Labute approximate surface area is 117 Å². The Hall–Kier alpha value is -2.91. The minimum absolute atomic E-state index is 0.0171. The third kappa shape index (κ3) is 5.30. The second-order valence-electron chi connectivity index (χ2n) is 4.03. The Morgan fingerprint density at radius 3 is 2.52 bits per heavy atom. The fraction of sp³-hybridized carbons (Fsp3) is 0.364. The zero-order chi connectivity index (χ0) is 16.0. The SMILES string of the molecule is COC(=O)C[C@H](NC(=O)Cc1cc(=O)[nH]c(=O)[nH]1)C(=O)O. The van der Waals surface area contributed by atoms with Crippen molar-refractivity contribution in [1.82, 2.24) is 15.3 Å². The normalized spacial score (nSPS) is 11.5. The first-order valence-electron chi connectivity index (χ1n) is 5.73. The molecule has 0 radical (unpaired) electrons. The van der Waals surface area contributed by atoms with Crippen molar-refractivity contribution in [2.24, 2.45) is 0 Å². The first-order valence-corrected chi connectivity index (χ1v) is 5.73. The predicted octanol–water partition coefficient (Wildman–Crippen LogP) is -2.26. The highest BCUT2D eigenvalue weighted by molar-refractivity contribution is 5.87. The third-order valence-electron chi connectivity index (χ3n) is 2.40. The molecule has 21 heavy (non-hydrogen) atoms. The molecule has 0 aliphatic carbocycles. The van der Waals surface area contributed by atoms with Gasteiger partial charge in [-0.3, -0.25) is 19.4 Å². The van der Waals surface area contributed by atoms with Crippen LogP contribution in [0.25, 0.3) is 0 Å². The Balaban J connectivity index is 2.74. The number of rotatable bonds is 6. The summed E-state index contributed by atoms with van der Waals surface area (Å²) in [7, 11) is 1.09. The van der Waals surface area contributed by atoms with Crippen LogP contribution in [-0.4, -0.2) is 46.1 Å². The van der Waals surface area contributed by atoms with Crippen LogP contribution in [0.3, 0.4) is 0 Å². The van der Waals surface area contributed by atoms with E-state index in [1.54, 1.807) is 0 Å². The Morgan fingerprint density at radius 2 is 2.00 bits per heavy atom. The molecule has 0 aromatic carbocycles. The number of carboxylic acids is 1. The van der Waals surface area contributed by atoms with E-state index in [-0.39, 0.29) is 5.69 Å². The Bertz CT molecular complexity index is 632. The molecular weight excluding hydrogens is 286 g/mol. The van der Waals surface area contributed by atoms with E-state index >= 15 is 0 Å². The van der Waals surface area contributed by atoms with Crippen molar-refractivity contribution in [2.75, 3.05) is 7.11 Å². The van der Waals surface area contributed by atoms with E-state index in [1.165, 1.54) is 0 Å².